The summed E-state index contributed by atoms with van der Waals surface area (Å²) in [5.41, 5.74) is 6.53. The highest BCUT2D eigenvalue weighted by atomic mass is 16.5. The highest BCUT2D eigenvalue weighted by Gasteiger charge is 2.41. The lowest BCUT2D eigenvalue weighted by atomic mass is 9.95. The zero-order chi connectivity index (χ0) is 15.5. The normalized spacial score (nSPS) is 17.4. The second-order valence-electron chi connectivity index (χ2n) is 6.43. The van der Waals surface area contributed by atoms with E-state index in [-0.39, 0.29) is 17.6 Å². The molecule has 1 aliphatic rings. The number of carbonyl (C=O) groups excluding carboxylic acids is 1. The Morgan fingerprint density at radius 1 is 1.48 bits per heavy atom. The van der Waals surface area contributed by atoms with Crippen molar-refractivity contribution in [2.45, 2.75) is 51.7 Å². The van der Waals surface area contributed by atoms with Gasteiger partial charge in [0.05, 0.1) is 18.1 Å². The van der Waals surface area contributed by atoms with Crippen molar-refractivity contribution in [2.75, 3.05) is 6.54 Å². The average Bonchev–Trinajstić information content (AvgIpc) is 3.22. The Bertz CT molecular complexity index is 497. The minimum absolute atomic E-state index is 0.0246. The third kappa shape index (κ3) is 4.46. The number of ether oxygens (including phenoxy) is 1. The molecule has 1 fully saturated rings. The van der Waals surface area contributed by atoms with Crippen molar-refractivity contribution in [1.29, 1.82) is 0 Å². The maximum Gasteiger partial charge on any atom is 0.224 e. The fourth-order valence-corrected chi connectivity index (χ4v) is 2.59. The van der Waals surface area contributed by atoms with Crippen LogP contribution >= 0.6 is 0 Å². The topological polar surface area (TPSA) is 64.3 Å². The summed E-state index contributed by atoms with van der Waals surface area (Å²) in [6.45, 7) is 6.50. The maximum absolute atomic E-state index is 12.2. The molecule has 0 saturated heterocycles. The molecule has 0 radical (unpaired) electrons. The smallest absolute Gasteiger partial charge is 0.224 e. The van der Waals surface area contributed by atoms with Gasteiger partial charge in [0.2, 0.25) is 5.91 Å². The Kier molecular flexibility index (Phi) is 4.88. The van der Waals surface area contributed by atoms with E-state index in [0.717, 1.165) is 24.2 Å². The van der Waals surface area contributed by atoms with Gasteiger partial charge in [0, 0.05) is 6.54 Å². The van der Waals surface area contributed by atoms with Crippen molar-refractivity contribution in [1.82, 2.24) is 5.32 Å². The van der Waals surface area contributed by atoms with Crippen LogP contribution in [-0.2, 0) is 11.2 Å². The van der Waals surface area contributed by atoms with Crippen molar-refractivity contribution in [2.24, 2.45) is 11.7 Å². The summed E-state index contributed by atoms with van der Waals surface area (Å²) in [6.07, 6.45) is 2.80. The van der Waals surface area contributed by atoms with Gasteiger partial charge in [-0.15, -0.1) is 0 Å². The third-order valence-corrected chi connectivity index (χ3v) is 3.96. The Balaban J connectivity index is 1.96. The summed E-state index contributed by atoms with van der Waals surface area (Å²) in [6, 6.07) is 7.71. The molecule has 1 amide bonds. The molecule has 21 heavy (non-hydrogen) atoms. The molecule has 0 bridgehead atoms. The van der Waals surface area contributed by atoms with E-state index in [1.807, 2.05) is 45.0 Å². The monoisotopic (exact) mass is 290 g/mol. The molecule has 1 unspecified atom stereocenters. The molecule has 0 spiro atoms. The van der Waals surface area contributed by atoms with Gasteiger partial charge in [-0.3, -0.25) is 4.79 Å². The highest BCUT2D eigenvalue weighted by Crippen LogP contribution is 2.38. The van der Waals surface area contributed by atoms with Gasteiger partial charge < -0.3 is 15.8 Å². The standard InChI is InChI=1S/C17H26N2O2/c1-12(2)21-15-6-4-5-13(9-15)10-16(20)19-17(3,11-18)14-7-8-14/h4-6,9,12,14H,7-8,10-11,18H2,1-3H3,(H,19,20). The van der Waals surface area contributed by atoms with Crippen LogP contribution in [0.4, 0.5) is 0 Å². The van der Waals surface area contributed by atoms with Crippen LogP contribution in [0.15, 0.2) is 24.3 Å². The summed E-state index contributed by atoms with van der Waals surface area (Å²) >= 11 is 0. The molecule has 4 nitrogen and oxygen atoms in total. The number of hydrogen-bond donors (Lipinski definition) is 2. The Hall–Kier alpha value is -1.55. The van der Waals surface area contributed by atoms with Crippen LogP contribution in [0.5, 0.6) is 5.75 Å². The van der Waals surface area contributed by atoms with Gasteiger partial charge in [0.15, 0.2) is 0 Å². The summed E-state index contributed by atoms with van der Waals surface area (Å²) in [7, 11) is 0. The zero-order valence-electron chi connectivity index (χ0n) is 13.2. The van der Waals surface area contributed by atoms with Gasteiger partial charge in [0.1, 0.15) is 5.75 Å². The molecule has 116 valence electrons. The van der Waals surface area contributed by atoms with Crippen molar-refractivity contribution < 1.29 is 9.53 Å². The number of nitrogens with one attached hydrogen (secondary N) is 1. The van der Waals surface area contributed by atoms with Crippen molar-refractivity contribution in [3.8, 4) is 5.75 Å². The van der Waals surface area contributed by atoms with Gasteiger partial charge >= 0.3 is 0 Å². The van der Waals surface area contributed by atoms with E-state index in [9.17, 15) is 4.79 Å². The van der Waals surface area contributed by atoms with Gasteiger partial charge in [-0.1, -0.05) is 12.1 Å². The Labute approximate surface area is 127 Å². The van der Waals surface area contributed by atoms with Gasteiger partial charge in [-0.2, -0.15) is 0 Å². The number of hydrogen-bond acceptors (Lipinski definition) is 3. The first-order chi connectivity index (χ1) is 9.93. The van der Waals surface area contributed by atoms with E-state index in [1.54, 1.807) is 0 Å². The molecule has 1 saturated carbocycles. The first-order valence-electron chi connectivity index (χ1n) is 7.69. The molecule has 3 N–H and O–H groups in total. The number of rotatable bonds is 7. The predicted molar refractivity (Wildman–Crippen MR) is 84.2 cm³/mol. The van der Waals surface area contributed by atoms with E-state index >= 15 is 0 Å². The molecule has 1 aromatic rings. The molecular weight excluding hydrogens is 264 g/mol. The number of benzene rings is 1. The number of nitrogens with two attached hydrogens (primary N) is 1. The molecule has 1 aliphatic carbocycles. The second kappa shape index (κ2) is 6.48. The van der Waals surface area contributed by atoms with Crippen molar-refractivity contribution in [3.63, 3.8) is 0 Å². The van der Waals surface area contributed by atoms with Crippen LogP contribution in [0.1, 0.15) is 39.2 Å². The number of amides is 1. The molecule has 0 aliphatic heterocycles. The molecule has 0 aromatic heterocycles. The van der Waals surface area contributed by atoms with Crippen LogP contribution < -0.4 is 15.8 Å². The van der Waals surface area contributed by atoms with Crippen LogP contribution in [0.2, 0.25) is 0 Å². The summed E-state index contributed by atoms with van der Waals surface area (Å²) < 4.78 is 5.66. The number of carbonyl (C=O) groups is 1. The van der Waals surface area contributed by atoms with Crippen molar-refractivity contribution >= 4 is 5.91 Å². The van der Waals surface area contributed by atoms with Crippen molar-refractivity contribution in [3.05, 3.63) is 29.8 Å². The highest BCUT2D eigenvalue weighted by molar-refractivity contribution is 5.79. The lowest BCUT2D eigenvalue weighted by Crippen LogP contribution is -2.53. The molecule has 1 aromatic carbocycles. The summed E-state index contributed by atoms with van der Waals surface area (Å²) in [5, 5.41) is 3.11. The molecule has 2 rings (SSSR count). The van der Waals surface area contributed by atoms with E-state index < -0.39 is 0 Å². The summed E-state index contributed by atoms with van der Waals surface area (Å²) in [5.74, 6) is 1.36. The fraction of sp³-hybridized carbons (Fsp3) is 0.588. The second-order valence-corrected chi connectivity index (χ2v) is 6.43. The molecule has 1 atom stereocenters. The van der Waals surface area contributed by atoms with Crippen LogP contribution in [-0.4, -0.2) is 24.1 Å². The maximum atomic E-state index is 12.2. The van der Waals surface area contributed by atoms with E-state index in [4.69, 9.17) is 10.5 Å². The zero-order valence-corrected chi connectivity index (χ0v) is 13.2. The SMILES string of the molecule is CC(C)Oc1cccc(CC(=O)NC(C)(CN)C2CC2)c1. The first kappa shape index (κ1) is 15.8. The molecule has 4 heteroatoms. The average molecular weight is 290 g/mol. The third-order valence-electron chi connectivity index (χ3n) is 3.96. The lowest BCUT2D eigenvalue weighted by Gasteiger charge is -2.29. The lowest BCUT2D eigenvalue weighted by molar-refractivity contribution is -0.122. The van der Waals surface area contributed by atoms with Gasteiger partial charge in [-0.05, 0) is 57.2 Å². The van der Waals surface area contributed by atoms with Gasteiger partial charge in [-0.25, -0.2) is 0 Å². The summed E-state index contributed by atoms with van der Waals surface area (Å²) in [4.78, 5) is 12.2. The first-order valence-corrected chi connectivity index (χ1v) is 7.69. The molecular formula is C17H26N2O2. The largest absolute Gasteiger partial charge is 0.491 e. The minimum atomic E-state index is -0.261. The minimum Gasteiger partial charge on any atom is -0.491 e. The Morgan fingerprint density at radius 3 is 2.76 bits per heavy atom. The van der Waals surface area contributed by atoms with Gasteiger partial charge in [0.25, 0.3) is 0 Å². The quantitative estimate of drug-likeness (QED) is 0.809. The van der Waals surface area contributed by atoms with E-state index in [2.05, 4.69) is 5.32 Å². The van der Waals surface area contributed by atoms with E-state index in [1.165, 1.54) is 0 Å². The fourth-order valence-electron chi connectivity index (χ4n) is 2.59. The molecule has 0 heterocycles. The van der Waals surface area contributed by atoms with Crippen LogP contribution in [0, 0.1) is 5.92 Å². The van der Waals surface area contributed by atoms with E-state index in [0.29, 0.717) is 18.9 Å². The van der Waals surface area contributed by atoms with Crippen LogP contribution in [0.3, 0.4) is 0 Å². The Morgan fingerprint density at radius 2 is 2.19 bits per heavy atom. The predicted octanol–water partition coefficient (Wildman–Crippen LogP) is 2.26. The van der Waals surface area contributed by atoms with Crippen LogP contribution in [0.25, 0.3) is 0 Å².